The first-order chi connectivity index (χ1) is 9.93. The molecule has 1 heterocycles. The second kappa shape index (κ2) is 6.79. The molecule has 4 nitrogen and oxygen atoms in total. The molecular weight excluding hydrogens is 286 g/mol. The van der Waals surface area contributed by atoms with E-state index in [1.807, 2.05) is 25.1 Å². The Morgan fingerprint density at radius 1 is 1.38 bits per heavy atom. The zero-order chi connectivity index (χ0) is 15.5. The maximum Gasteiger partial charge on any atom is 0.151 e. The average molecular weight is 311 g/mol. The topological polar surface area (TPSA) is 55.4 Å². The number of rotatable bonds is 6. The van der Waals surface area contributed by atoms with E-state index in [0.717, 1.165) is 25.1 Å². The fourth-order valence-electron chi connectivity index (χ4n) is 2.97. The number of hydrogen-bond acceptors (Lipinski definition) is 4. The number of fused-ring (bicyclic) bond motifs is 1. The predicted molar refractivity (Wildman–Crippen MR) is 85.7 cm³/mol. The van der Waals surface area contributed by atoms with Crippen LogP contribution in [0.1, 0.15) is 38.2 Å². The van der Waals surface area contributed by atoms with E-state index in [1.165, 1.54) is 11.8 Å². The molecule has 3 unspecified atom stereocenters. The second-order valence-electron chi connectivity index (χ2n) is 5.81. The predicted octanol–water partition coefficient (Wildman–Crippen LogP) is 2.35. The Balaban J connectivity index is 2.18. The van der Waals surface area contributed by atoms with Gasteiger partial charge in [0.15, 0.2) is 9.84 Å². The van der Waals surface area contributed by atoms with Crippen LogP contribution in [-0.2, 0) is 9.84 Å². The summed E-state index contributed by atoms with van der Waals surface area (Å²) in [6.45, 7) is 5.29. The Hall–Kier alpha value is -1.07. The summed E-state index contributed by atoms with van der Waals surface area (Å²) in [6, 6.07) is 8.04. The van der Waals surface area contributed by atoms with Gasteiger partial charge >= 0.3 is 0 Å². The van der Waals surface area contributed by atoms with Crippen LogP contribution in [-0.4, -0.2) is 39.1 Å². The second-order valence-corrected chi connectivity index (χ2v) is 8.21. The molecule has 1 aliphatic heterocycles. The Labute approximate surface area is 127 Å². The first-order valence-corrected chi connectivity index (χ1v) is 9.53. The fraction of sp³-hybridized carbons (Fsp3) is 0.625. The van der Waals surface area contributed by atoms with Crippen molar-refractivity contribution < 1.29 is 13.2 Å². The summed E-state index contributed by atoms with van der Waals surface area (Å²) in [4.78, 5) is 0. The Bertz CT molecular complexity index is 571. The number of benzene rings is 1. The standard InChI is InChI=1S/C16H25NO3S/c1-4-17-15(12(2)21(3,18)19)11-13-9-10-20-16-8-6-5-7-14(13)16/h5-8,12-13,15,17H,4,9-11H2,1-3H3. The van der Waals surface area contributed by atoms with Crippen LogP contribution < -0.4 is 10.1 Å². The summed E-state index contributed by atoms with van der Waals surface area (Å²) in [6.07, 6.45) is 3.08. The van der Waals surface area contributed by atoms with Gasteiger partial charge in [-0.25, -0.2) is 8.42 Å². The van der Waals surface area contributed by atoms with E-state index < -0.39 is 9.84 Å². The lowest BCUT2D eigenvalue weighted by Crippen LogP contribution is -2.43. The van der Waals surface area contributed by atoms with E-state index in [-0.39, 0.29) is 11.3 Å². The minimum absolute atomic E-state index is 0.0267. The van der Waals surface area contributed by atoms with E-state index in [0.29, 0.717) is 12.5 Å². The lowest BCUT2D eigenvalue weighted by molar-refractivity contribution is 0.254. The van der Waals surface area contributed by atoms with Gasteiger partial charge in [0.2, 0.25) is 0 Å². The molecule has 0 saturated carbocycles. The lowest BCUT2D eigenvalue weighted by Gasteiger charge is -2.31. The van der Waals surface area contributed by atoms with Crippen LogP contribution in [0, 0.1) is 0 Å². The van der Waals surface area contributed by atoms with Crippen molar-refractivity contribution in [3.63, 3.8) is 0 Å². The van der Waals surface area contributed by atoms with Crippen molar-refractivity contribution in [2.24, 2.45) is 0 Å². The molecule has 3 atom stereocenters. The average Bonchev–Trinajstić information content (AvgIpc) is 2.45. The van der Waals surface area contributed by atoms with Crippen molar-refractivity contribution in [2.75, 3.05) is 19.4 Å². The van der Waals surface area contributed by atoms with E-state index in [2.05, 4.69) is 11.4 Å². The molecule has 1 aromatic rings. The third-order valence-electron chi connectivity index (χ3n) is 4.33. The van der Waals surface area contributed by atoms with Crippen LogP contribution in [0.2, 0.25) is 0 Å². The summed E-state index contributed by atoms with van der Waals surface area (Å²) < 4.78 is 29.4. The molecule has 1 aromatic carbocycles. The first kappa shape index (κ1) is 16.3. The number of sulfone groups is 1. The molecule has 0 spiro atoms. The van der Waals surface area contributed by atoms with E-state index >= 15 is 0 Å². The number of hydrogen-bond donors (Lipinski definition) is 1. The molecule has 0 radical (unpaired) electrons. The van der Waals surface area contributed by atoms with Gasteiger partial charge in [-0.1, -0.05) is 25.1 Å². The van der Waals surface area contributed by atoms with Gasteiger partial charge < -0.3 is 10.1 Å². The van der Waals surface area contributed by atoms with Crippen LogP contribution >= 0.6 is 0 Å². The summed E-state index contributed by atoms with van der Waals surface area (Å²) in [7, 11) is -3.05. The van der Waals surface area contributed by atoms with Gasteiger partial charge in [0, 0.05) is 12.3 Å². The maximum atomic E-state index is 11.9. The first-order valence-electron chi connectivity index (χ1n) is 7.57. The zero-order valence-electron chi connectivity index (χ0n) is 13.0. The highest BCUT2D eigenvalue weighted by Crippen LogP contribution is 2.36. The molecule has 1 aliphatic rings. The number of nitrogens with one attached hydrogen (secondary N) is 1. The van der Waals surface area contributed by atoms with Crippen LogP contribution in [0.4, 0.5) is 0 Å². The van der Waals surface area contributed by atoms with Crippen LogP contribution in [0.3, 0.4) is 0 Å². The van der Waals surface area contributed by atoms with E-state index in [9.17, 15) is 8.42 Å². The minimum atomic E-state index is -3.05. The van der Waals surface area contributed by atoms with Crippen molar-refractivity contribution in [3.05, 3.63) is 29.8 Å². The highest BCUT2D eigenvalue weighted by Gasteiger charge is 2.30. The molecule has 2 rings (SSSR count). The number of ether oxygens (including phenoxy) is 1. The van der Waals surface area contributed by atoms with Crippen molar-refractivity contribution >= 4 is 9.84 Å². The van der Waals surface area contributed by atoms with Gasteiger partial charge in [-0.3, -0.25) is 0 Å². The lowest BCUT2D eigenvalue weighted by atomic mass is 9.86. The SMILES string of the molecule is CCNC(CC1CCOc2ccccc21)C(C)S(C)(=O)=O. The Morgan fingerprint density at radius 2 is 2.10 bits per heavy atom. The zero-order valence-corrected chi connectivity index (χ0v) is 13.8. The van der Waals surface area contributed by atoms with Crippen LogP contribution in [0.25, 0.3) is 0 Å². The Morgan fingerprint density at radius 3 is 2.76 bits per heavy atom. The monoisotopic (exact) mass is 311 g/mol. The molecule has 118 valence electrons. The molecule has 1 N–H and O–H groups in total. The van der Waals surface area contributed by atoms with Crippen molar-refractivity contribution in [1.29, 1.82) is 0 Å². The normalized spacial score (nSPS) is 21.2. The molecular formula is C16H25NO3S. The Kier molecular flexibility index (Phi) is 5.27. The van der Waals surface area contributed by atoms with Gasteiger partial charge in [-0.15, -0.1) is 0 Å². The van der Waals surface area contributed by atoms with E-state index in [1.54, 1.807) is 6.92 Å². The highest BCUT2D eigenvalue weighted by molar-refractivity contribution is 7.91. The number of para-hydroxylation sites is 1. The van der Waals surface area contributed by atoms with Crippen molar-refractivity contribution in [2.45, 2.75) is 43.9 Å². The molecule has 0 bridgehead atoms. The van der Waals surface area contributed by atoms with Gasteiger partial charge in [0.25, 0.3) is 0 Å². The quantitative estimate of drug-likeness (QED) is 0.876. The highest BCUT2D eigenvalue weighted by atomic mass is 32.2. The summed E-state index contributed by atoms with van der Waals surface area (Å²) in [5.74, 6) is 1.29. The smallest absolute Gasteiger partial charge is 0.151 e. The minimum Gasteiger partial charge on any atom is -0.493 e. The molecule has 5 heteroatoms. The van der Waals surface area contributed by atoms with Gasteiger partial charge in [0.1, 0.15) is 5.75 Å². The van der Waals surface area contributed by atoms with Crippen LogP contribution in [0.15, 0.2) is 24.3 Å². The molecule has 21 heavy (non-hydrogen) atoms. The molecule has 0 aliphatic carbocycles. The summed E-state index contributed by atoms with van der Waals surface area (Å²) >= 11 is 0. The maximum absolute atomic E-state index is 11.9. The third-order valence-corrected chi connectivity index (χ3v) is 6.01. The molecule has 0 fully saturated rings. The van der Waals surface area contributed by atoms with Gasteiger partial charge in [-0.2, -0.15) is 0 Å². The third kappa shape index (κ3) is 3.98. The molecule has 0 aromatic heterocycles. The largest absolute Gasteiger partial charge is 0.493 e. The molecule has 0 amide bonds. The van der Waals surface area contributed by atoms with E-state index in [4.69, 9.17) is 4.74 Å². The van der Waals surface area contributed by atoms with Gasteiger partial charge in [0.05, 0.1) is 11.9 Å². The van der Waals surface area contributed by atoms with Crippen molar-refractivity contribution in [3.8, 4) is 5.75 Å². The van der Waals surface area contributed by atoms with Crippen LogP contribution in [0.5, 0.6) is 5.75 Å². The summed E-state index contributed by atoms with van der Waals surface area (Å²) in [5.41, 5.74) is 1.20. The molecule has 0 saturated heterocycles. The fourth-order valence-corrected chi connectivity index (χ4v) is 3.77. The van der Waals surface area contributed by atoms with Crippen molar-refractivity contribution in [1.82, 2.24) is 5.32 Å². The summed E-state index contributed by atoms with van der Waals surface area (Å²) in [5, 5.41) is 2.97. The van der Waals surface area contributed by atoms with Gasteiger partial charge in [-0.05, 0) is 43.9 Å².